The number of carbonyl (C=O) groups is 12. The average molecular weight is 1290 g/mol. The van der Waals surface area contributed by atoms with Crippen LogP contribution >= 0.6 is 0 Å². The van der Waals surface area contributed by atoms with Crippen molar-refractivity contribution in [3.8, 4) is 0 Å². The topological polar surface area (TPSA) is 444 Å². The van der Waals surface area contributed by atoms with Crippen LogP contribution in [0.5, 0.6) is 0 Å². The van der Waals surface area contributed by atoms with E-state index in [0.29, 0.717) is 0 Å². The Morgan fingerprint density at radius 1 is 0.461 bits per heavy atom. The number of rotatable bonds is 26. The summed E-state index contributed by atoms with van der Waals surface area (Å²) < 4.78 is 146. The summed E-state index contributed by atoms with van der Waals surface area (Å²) in [6.07, 6.45) is -40.9. The standard InChI is InChI=1S/C51H70F3N5O30/c1-19-36(77-24(6)64)42(82-29(11)69)44(83-30(12)70)48(76-19)89-45-43(88-47-34(57-20(2)60)40(81-28(10)68)37(78-25(7)65)32(85-47)17-74-22(4)62)39(80-27(9)67)33(18-75-23(5)63)86-49(45)87-41-35(58-59-55)46(72-15-13-14-56-50(71)51(52,53)54)84-31(16-73-21(3)61)38(41)79-26(8)66/h19,31-49H,13-18H2,1-12H3,(H,56,71)(H,57,60)/t19-,31+,32+,33+,34+,35+,36+,37-,38-,39-,40+,41+,42+,43-,44-,45+,46-,47+,48-,49+/m0/s1. The Labute approximate surface area is 504 Å². The van der Waals surface area contributed by atoms with E-state index in [1.807, 2.05) is 0 Å². The lowest BCUT2D eigenvalue weighted by Crippen LogP contribution is -2.71. The minimum atomic E-state index is -5.27. The summed E-state index contributed by atoms with van der Waals surface area (Å²) in [5.41, 5.74) is 10.1. The molecule has 4 rings (SSSR count). The van der Waals surface area contributed by atoms with Gasteiger partial charge >= 0.3 is 71.8 Å². The lowest BCUT2D eigenvalue weighted by molar-refractivity contribution is -0.396. The predicted molar refractivity (Wildman–Crippen MR) is 274 cm³/mol. The number of hydrogen-bond acceptors (Lipinski definition) is 31. The van der Waals surface area contributed by atoms with Crippen LogP contribution in [0.2, 0.25) is 0 Å². The van der Waals surface area contributed by atoms with Crippen LogP contribution < -0.4 is 10.6 Å². The van der Waals surface area contributed by atoms with Gasteiger partial charge in [0.2, 0.25) is 5.91 Å². The number of hydrogen-bond donors (Lipinski definition) is 2. The average Bonchev–Trinajstić information content (AvgIpc) is 0.792. The first kappa shape index (κ1) is 73.9. The number of esters is 10. The Morgan fingerprint density at radius 3 is 1.29 bits per heavy atom. The summed E-state index contributed by atoms with van der Waals surface area (Å²) in [5.74, 6) is -13.6. The zero-order valence-corrected chi connectivity index (χ0v) is 50.0. The number of nitrogens with zero attached hydrogens (tertiary/aromatic N) is 3. The third kappa shape index (κ3) is 22.5. The molecule has 4 aliphatic rings. The molecule has 500 valence electrons. The van der Waals surface area contributed by atoms with Crippen molar-refractivity contribution in [1.29, 1.82) is 0 Å². The predicted octanol–water partition coefficient (Wildman–Crippen LogP) is -0.458. The second-order valence-electron chi connectivity index (χ2n) is 20.0. The van der Waals surface area contributed by atoms with Crippen LogP contribution in [0.3, 0.4) is 0 Å². The highest BCUT2D eigenvalue weighted by Gasteiger charge is 2.61. The Kier molecular flexibility index (Phi) is 28.1. The second kappa shape index (κ2) is 33.8. The maximum absolute atomic E-state index is 13.4. The van der Waals surface area contributed by atoms with Gasteiger partial charge in [-0.25, -0.2) is 0 Å². The summed E-state index contributed by atoms with van der Waals surface area (Å²) in [6.45, 7) is 7.78. The quantitative estimate of drug-likeness (QED) is 0.0276. The van der Waals surface area contributed by atoms with E-state index in [0.717, 1.165) is 76.2 Å². The van der Waals surface area contributed by atoms with Crippen LogP contribution in [0, 0.1) is 0 Å². The highest BCUT2D eigenvalue weighted by atomic mass is 19.4. The van der Waals surface area contributed by atoms with Crippen LogP contribution in [-0.4, -0.2) is 233 Å². The highest BCUT2D eigenvalue weighted by molar-refractivity contribution is 5.81. The van der Waals surface area contributed by atoms with E-state index in [2.05, 4.69) is 15.3 Å². The van der Waals surface area contributed by atoms with E-state index in [-0.39, 0.29) is 0 Å². The minimum Gasteiger partial charge on any atom is -0.463 e. The molecular weight excluding hydrogens is 1220 g/mol. The fourth-order valence-electron chi connectivity index (χ4n) is 9.51. The van der Waals surface area contributed by atoms with Gasteiger partial charge in [0.15, 0.2) is 67.9 Å². The van der Waals surface area contributed by atoms with Gasteiger partial charge in [-0.05, 0) is 18.9 Å². The fraction of sp³-hybridized carbons (Fsp3) is 0.765. The van der Waals surface area contributed by atoms with E-state index < -0.39 is 240 Å². The molecule has 2 N–H and O–H groups in total. The molecule has 4 heterocycles. The van der Waals surface area contributed by atoms with Crippen LogP contribution in [0.25, 0.3) is 10.4 Å². The third-order valence-electron chi connectivity index (χ3n) is 12.6. The monoisotopic (exact) mass is 1290 g/mol. The summed E-state index contributed by atoms with van der Waals surface area (Å²) in [7, 11) is 0. The SMILES string of the molecule is CC(=O)N[C@H]1[C@@H](O[C@H]2[C@@H](OC(C)=O)[C@@H](COC(C)=O)O[C@H](O[C@@H]3[C@@H](N=[N+]=[N-])[C@@H](OCCCNC(=O)C(F)(F)F)O[C@H](COC(C)=O)[C@@H]3OC(C)=O)[C@@H]2O[C@@H]2O[C@@H](C)[C@@H](OC(C)=O)[C@@H](OC(C)=O)[C@@H]2OC(C)=O)O[C@H](COC(C)=O)[C@H](OC(C)=O)[C@@H]1OC(C)=O. The number of amides is 2. The molecule has 0 aliphatic carbocycles. The van der Waals surface area contributed by atoms with Crippen molar-refractivity contribution in [3.63, 3.8) is 0 Å². The van der Waals surface area contributed by atoms with Crippen LogP contribution in [0.4, 0.5) is 13.2 Å². The second-order valence-corrected chi connectivity index (χ2v) is 20.0. The maximum atomic E-state index is 13.4. The molecule has 4 saturated heterocycles. The van der Waals surface area contributed by atoms with Gasteiger partial charge in [0.25, 0.3) is 0 Å². The molecule has 89 heavy (non-hydrogen) atoms. The number of nitrogens with one attached hydrogen (secondary N) is 2. The number of carbonyl (C=O) groups excluding carboxylic acids is 12. The van der Waals surface area contributed by atoms with Gasteiger partial charge in [0.1, 0.15) is 68.5 Å². The molecule has 0 saturated carbocycles. The molecule has 0 aromatic rings. The van der Waals surface area contributed by atoms with E-state index in [9.17, 15) is 76.2 Å². The normalized spacial score (nSPS) is 31.7. The first-order chi connectivity index (χ1) is 41.6. The smallest absolute Gasteiger partial charge is 0.463 e. The van der Waals surface area contributed by atoms with Gasteiger partial charge in [-0.2, -0.15) is 13.2 Å². The van der Waals surface area contributed by atoms with E-state index in [4.69, 9.17) is 85.3 Å². The van der Waals surface area contributed by atoms with Gasteiger partial charge in [-0.15, -0.1) is 0 Å². The first-order valence-corrected chi connectivity index (χ1v) is 27.1. The maximum Gasteiger partial charge on any atom is 0.471 e. The Bertz CT molecular complexity index is 2610. The molecule has 0 aromatic heterocycles. The Balaban J connectivity index is 2.15. The van der Waals surface area contributed by atoms with Gasteiger partial charge in [-0.1, -0.05) is 5.11 Å². The number of halogens is 3. The van der Waals surface area contributed by atoms with Crippen LogP contribution in [-0.2, 0) is 143 Å². The number of alkyl halides is 3. The molecule has 38 heteroatoms. The molecule has 20 atom stereocenters. The molecule has 35 nitrogen and oxygen atoms in total. The molecule has 0 aromatic carbocycles. The fourth-order valence-corrected chi connectivity index (χ4v) is 9.51. The zero-order valence-electron chi connectivity index (χ0n) is 50.0. The Hall–Kier alpha value is -7.58. The summed E-state index contributed by atoms with van der Waals surface area (Å²) in [4.78, 5) is 156. The molecule has 4 aliphatic heterocycles. The molecule has 0 unspecified atom stereocenters. The van der Waals surface area contributed by atoms with Crippen molar-refractivity contribution in [2.24, 2.45) is 5.11 Å². The molecular formula is C51H70F3N5O30. The van der Waals surface area contributed by atoms with Crippen molar-refractivity contribution in [2.75, 3.05) is 33.0 Å². The molecule has 4 fully saturated rings. The van der Waals surface area contributed by atoms with Crippen molar-refractivity contribution in [2.45, 2.75) is 218 Å². The number of ether oxygens (including phenoxy) is 18. The Morgan fingerprint density at radius 2 is 0.843 bits per heavy atom. The van der Waals surface area contributed by atoms with Crippen LogP contribution in [0.1, 0.15) is 89.5 Å². The van der Waals surface area contributed by atoms with Crippen LogP contribution in [0.15, 0.2) is 5.11 Å². The van der Waals surface area contributed by atoms with E-state index in [1.165, 1.54) is 6.92 Å². The van der Waals surface area contributed by atoms with E-state index in [1.54, 1.807) is 5.32 Å². The number of azide groups is 1. The third-order valence-corrected chi connectivity index (χ3v) is 12.6. The summed E-state index contributed by atoms with van der Waals surface area (Å²) in [5, 5.41) is 7.90. The summed E-state index contributed by atoms with van der Waals surface area (Å²) in [6, 6.07) is -3.85. The molecule has 0 spiro atoms. The van der Waals surface area contributed by atoms with Crippen molar-refractivity contribution in [3.05, 3.63) is 10.4 Å². The summed E-state index contributed by atoms with van der Waals surface area (Å²) >= 11 is 0. The first-order valence-electron chi connectivity index (χ1n) is 27.1. The molecule has 0 radical (unpaired) electrons. The van der Waals surface area contributed by atoms with Gasteiger partial charge < -0.3 is 95.9 Å². The highest BCUT2D eigenvalue weighted by Crippen LogP contribution is 2.40. The minimum absolute atomic E-state index is 0.394. The van der Waals surface area contributed by atoms with Crippen molar-refractivity contribution >= 4 is 71.5 Å². The van der Waals surface area contributed by atoms with Gasteiger partial charge in [0.05, 0.1) is 12.7 Å². The largest absolute Gasteiger partial charge is 0.471 e. The van der Waals surface area contributed by atoms with E-state index >= 15 is 0 Å². The van der Waals surface area contributed by atoms with Crippen molar-refractivity contribution in [1.82, 2.24) is 10.6 Å². The molecule has 2 amide bonds. The zero-order chi connectivity index (χ0) is 66.8. The van der Waals surface area contributed by atoms with Crippen molar-refractivity contribution < 1.29 is 156 Å². The lowest BCUT2D eigenvalue weighted by atomic mass is 9.93. The van der Waals surface area contributed by atoms with Gasteiger partial charge in [-0.3, -0.25) is 57.5 Å². The van der Waals surface area contributed by atoms with Gasteiger partial charge in [0, 0.05) is 87.6 Å². The lowest BCUT2D eigenvalue weighted by Gasteiger charge is -2.52. The molecule has 0 bridgehead atoms.